The Hall–Kier alpha value is -2.40. The molecule has 27 heavy (non-hydrogen) atoms. The van der Waals surface area contributed by atoms with Gasteiger partial charge in [-0.3, -0.25) is 9.59 Å². The number of carbonyl (C=O) groups excluding carboxylic acids is 2. The van der Waals surface area contributed by atoms with E-state index in [9.17, 15) is 14.0 Å². The molecule has 0 unspecified atom stereocenters. The molecule has 3 rings (SSSR count). The molecule has 2 amide bonds. The Kier molecular flexibility index (Phi) is 6.11. The summed E-state index contributed by atoms with van der Waals surface area (Å²) >= 11 is 5.94. The van der Waals surface area contributed by atoms with Crippen LogP contribution in [-0.4, -0.2) is 29.8 Å². The Bertz CT molecular complexity index is 848. The Labute approximate surface area is 163 Å². The molecule has 0 saturated carbocycles. The van der Waals surface area contributed by atoms with Crippen molar-refractivity contribution in [2.24, 2.45) is 5.92 Å². The number of rotatable bonds is 4. The first kappa shape index (κ1) is 19.4. The molecule has 0 radical (unpaired) electrons. The zero-order chi connectivity index (χ0) is 19.4. The maximum absolute atomic E-state index is 13.3. The number of hydrogen-bond acceptors (Lipinski definition) is 2. The maximum Gasteiger partial charge on any atom is 0.227 e. The van der Waals surface area contributed by atoms with Crippen molar-refractivity contribution in [3.8, 4) is 0 Å². The van der Waals surface area contributed by atoms with E-state index >= 15 is 0 Å². The Morgan fingerprint density at radius 2 is 1.93 bits per heavy atom. The van der Waals surface area contributed by atoms with Crippen LogP contribution >= 0.6 is 11.6 Å². The molecule has 0 aliphatic carbocycles. The van der Waals surface area contributed by atoms with Gasteiger partial charge in [0.1, 0.15) is 5.82 Å². The summed E-state index contributed by atoms with van der Waals surface area (Å²) in [5, 5.41) is 3.59. The summed E-state index contributed by atoms with van der Waals surface area (Å²) < 4.78 is 13.3. The van der Waals surface area contributed by atoms with Gasteiger partial charge in [0.15, 0.2) is 0 Å². The van der Waals surface area contributed by atoms with Crippen LogP contribution in [0.2, 0.25) is 5.02 Å². The summed E-state index contributed by atoms with van der Waals surface area (Å²) in [6.07, 6.45) is 1.42. The Balaban J connectivity index is 1.52. The van der Waals surface area contributed by atoms with E-state index in [-0.39, 0.29) is 30.0 Å². The molecule has 1 aliphatic rings. The van der Waals surface area contributed by atoms with Gasteiger partial charge in [0.2, 0.25) is 11.8 Å². The summed E-state index contributed by atoms with van der Waals surface area (Å²) in [4.78, 5) is 26.7. The van der Waals surface area contributed by atoms with Gasteiger partial charge >= 0.3 is 0 Å². The minimum Gasteiger partial charge on any atom is -0.342 e. The van der Waals surface area contributed by atoms with Crippen molar-refractivity contribution >= 4 is 29.1 Å². The lowest BCUT2D eigenvalue weighted by molar-refractivity contribution is -0.133. The lowest BCUT2D eigenvalue weighted by Gasteiger charge is -2.31. The van der Waals surface area contributed by atoms with Crippen molar-refractivity contribution < 1.29 is 14.0 Å². The van der Waals surface area contributed by atoms with E-state index < -0.39 is 0 Å². The number of likely N-dealkylation sites (tertiary alicyclic amines) is 1. The number of aryl methyl sites for hydroxylation is 1. The van der Waals surface area contributed by atoms with Crippen molar-refractivity contribution in [1.29, 1.82) is 0 Å². The first-order chi connectivity index (χ1) is 12.9. The van der Waals surface area contributed by atoms with Crippen LogP contribution in [0.4, 0.5) is 10.1 Å². The quantitative estimate of drug-likeness (QED) is 0.853. The highest BCUT2D eigenvalue weighted by molar-refractivity contribution is 6.30. The van der Waals surface area contributed by atoms with Gasteiger partial charge in [-0.15, -0.1) is 0 Å². The number of carbonyl (C=O) groups is 2. The molecule has 0 spiro atoms. The number of nitrogens with zero attached hydrogens (tertiary/aromatic N) is 1. The molecule has 142 valence electrons. The van der Waals surface area contributed by atoms with Crippen LogP contribution in [0.3, 0.4) is 0 Å². The first-order valence-corrected chi connectivity index (χ1v) is 9.39. The molecular weight excluding hydrogens is 367 g/mol. The molecule has 0 bridgehead atoms. The van der Waals surface area contributed by atoms with Gasteiger partial charge in [-0.25, -0.2) is 4.39 Å². The molecule has 1 saturated heterocycles. The fraction of sp³-hybridized carbons (Fsp3) is 0.333. The highest BCUT2D eigenvalue weighted by atomic mass is 35.5. The lowest BCUT2D eigenvalue weighted by atomic mass is 9.95. The molecule has 0 atom stereocenters. The molecule has 1 heterocycles. The molecule has 2 aromatic carbocycles. The zero-order valence-corrected chi connectivity index (χ0v) is 15.9. The van der Waals surface area contributed by atoms with Crippen LogP contribution in [-0.2, 0) is 16.0 Å². The predicted octanol–water partition coefficient (Wildman–Crippen LogP) is 4.21. The molecule has 1 aliphatic heterocycles. The van der Waals surface area contributed by atoms with E-state index in [1.165, 1.54) is 12.1 Å². The van der Waals surface area contributed by atoms with Crippen LogP contribution in [0.25, 0.3) is 0 Å². The molecule has 1 N–H and O–H groups in total. The van der Waals surface area contributed by atoms with Crippen LogP contribution in [0, 0.1) is 18.7 Å². The topological polar surface area (TPSA) is 49.4 Å². The fourth-order valence-corrected chi connectivity index (χ4v) is 3.55. The van der Waals surface area contributed by atoms with E-state index in [2.05, 4.69) is 5.32 Å². The second kappa shape index (κ2) is 8.53. The van der Waals surface area contributed by atoms with Crippen LogP contribution in [0.15, 0.2) is 42.5 Å². The number of halogens is 2. The van der Waals surface area contributed by atoms with Crippen molar-refractivity contribution in [2.75, 3.05) is 18.4 Å². The number of piperidine rings is 1. The van der Waals surface area contributed by atoms with E-state index in [0.717, 1.165) is 11.3 Å². The minimum absolute atomic E-state index is 0.0300. The number of nitrogens with one attached hydrogen (secondary N) is 1. The van der Waals surface area contributed by atoms with Crippen LogP contribution in [0.5, 0.6) is 0 Å². The first-order valence-electron chi connectivity index (χ1n) is 9.01. The van der Waals surface area contributed by atoms with Crippen molar-refractivity contribution in [3.05, 3.63) is 64.4 Å². The van der Waals surface area contributed by atoms with Gasteiger partial charge in [-0.2, -0.15) is 0 Å². The second-order valence-electron chi connectivity index (χ2n) is 6.91. The Morgan fingerprint density at radius 3 is 2.59 bits per heavy atom. The third kappa shape index (κ3) is 5.07. The summed E-state index contributed by atoms with van der Waals surface area (Å²) in [7, 11) is 0. The summed E-state index contributed by atoms with van der Waals surface area (Å²) in [5.74, 6) is -0.530. The van der Waals surface area contributed by atoms with E-state index in [1.807, 2.05) is 13.0 Å². The molecule has 4 nitrogen and oxygen atoms in total. The standard InChI is InChI=1S/C21H22ClFN2O2/c1-14-11-17(22)5-6-19(14)24-21(27)16-7-9-25(10-8-16)20(26)13-15-3-2-4-18(23)12-15/h2-6,11-12,16H,7-10,13H2,1H3,(H,24,27). The summed E-state index contributed by atoms with van der Waals surface area (Å²) in [5.41, 5.74) is 2.34. The van der Waals surface area contributed by atoms with Gasteiger partial charge in [0.05, 0.1) is 6.42 Å². The second-order valence-corrected chi connectivity index (χ2v) is 7.35. The van der Waals surface area contributed by atoms with Crippen molar-refractivity contribution in [2.45, 2.75) is 26.2 Å². The molecular formula is C21H22ClFN2O2. The predicted molar refractivity (Wildman–Crippen MR) is 104 cm³/mol. The highest BCUT2D eigenvalue weighted by Crippen LogP contribution is 2.23. The minimum atomic E-state index is -0.340. The lowest BCUT2D eigenvalue weighted by Crippen LogP contribution is -2.42. The molecule has 2 aromatic rings. The average molecular weight is 389 g/mol. The summed E-state index contributed by atoms with van der Waals surface area (Å²) in [6, 6.07) is 11.5. The van der Waals surface area contributed by atoms with Gasteiger partial charge in [0, 0.05) is 29.7 Å². The smallest absolute Gasteiger partial charge is 0.227 e. The molecule has 0 aromatic heterocycles. The fourth-order valence-electron chi connectivity index (χ4n) is 3.33. The summed E-state index contributed by atoms with van der Waals surface area (Å²) in [6.45, 7) is 2.97. The van der Waals surface area contributed by atoms with Crippen LogP contribution < -0.4 is 5.32 Å². The number of hydrogen-bond donors (Lipinski definition) is 1. The largest absolute Gasteiger partial charge is 0.342 e. The van der Waals surface area contributed by atoms with Gasteiger partial charge in [-0.05, 0) is 61.2 Å². The highest BCUT2D eigenvalue weighted by Gasteiger charge is 2.27. The SMILES string of the molecule is Cc1cc(Cl)ccc1NC(=O)C1CCN(C(=O)Cc2cccc(F)c2)CC1. The maximum atomic E-state index is 13.3. The zero-order valence-electron chi connectivity index (χ0n) is 15.2. The van der Waals surface area contributed by atoms with Gasteiger partial charge < -0.3 is 10.2 Å². The average Bonchev–Trinajstić information content (AvgIpc) is 2.64. The van der Waals surface area contributed by atoms with Crippen LogP contribution in [0.1, 0.15) is 24.0 Å². The van der Waals surface area contributed by atoms with E-state index in [1.54, 1.807) is 29.2 Å². The Morgan fingerprint density at radius 1 is 1.19 bits per heavy atom. The molecule has 1 fully saturated rings. The van der Waals surface area contributed by atoms with E-state index in [4.69, 9.17) is 11.6 Å². The third-order valence-electron chi connectivity index (χ3n) is 4.91. The van der Waals surface area contributed by atoms with Gasteiger partial charge in [0.25, 0.3) is 0 Å². The van der Waals surface area contributed by atoms with Gasteiger partial charge in [-0.1, -0.05) is 23.7 Å². The normalized spacial score (nSPS) is 14.9. The third-order valence-corrected chi connectivity index (χ3v) is 5.14. The van der Waals surface area contributed by atoms with Crippen molar-refractivity contribution in [1.82, 2.24) is 4.90 Å². The monoisotopic (exact) mass is 388 g/mol. The number of amides is 2. The van der Waals surface area contributed by atoms with E-state index in [0.29, 0.717) is 36.5 Å². The number of benzene rings is 2. The van der Waals surface area contributed by atoms with Crippen molar-refractivity contribution in [3.63, 3.8) is 0 Å². The molecule has 6 heteroatoms. The number of anilines is 1.